The molecule has 42 valence electrons. The van der Waals surface area contributed by atoms with Gasteiger partial charge < -0.3 is 0 Å². The van der Waals surface area contributed by atoms with Gasteiger partial charge in [-0.2, -0.15) is 0 Å². The molecule has 1 saturated heterocycles. The normalized spacial score (nSPS) is 34.3. The summed E-state index contributed by atoms with van der Waals surface area (Å²) in [4.78, 5) is 0. The third-order valence-corrected chi connectivity index (χ3v) is 3.06. The largest absolute Gasteiger partial charge is 0.370 e. The van der Waals surface area contributed by atoms with Gasteiger partial charge in [-0.15, -0.1) is 0 Å². The summed E-state index contributed by atoms with van der Waals surface area (Å²) in [6.45, 7) is 2.60. The fraction of sp³-hybridized carbons (Fsp3) is 1.00. The zero-order chi connectivity index (χ0) is 5.28. The van der Waals surface area contributed by atoms with Crippen LogP contribution in [0.4, 0.5) is 0 Å². The van der Waals surface area contributed by atoms with E-state index in [-0.39, 0.29) is 0 Å². The molecule has 0 N–H and O–H groups in total. The van der Waals surface area contributed by atoms with E-state index >= 15 is 0 Å². The molecule has 0 aromatic rings. The zero-order valence-electron chi connectivity index (χ0n) is 3.93. The second kappa shape index (κ2) is 2.82. The molecule has 0 aromatic carbocycles. The maximum Gasteiger partial charge on any atom is 0.370 e. The molecule has 3 heteroatoms. The van der Waals surface area contributed by atoms with Crippen LogP contribution in [0.5, 0.6) is 0 Å². The number of hydrogen-bond donors (Lipinski definition) is 0. The van der Waals surface area contributed by atoms with E-state index in [2.05, 4.69) is 48.6 Å². The number of nitrogens with zero attached hydrogens (tertiary/aromatic N) is 1. The Bertz CT molecular complexity index is 58.7. The standard InChI is InChI=1S/C4H8I2N/c5-4-1-2-7(6)3-4/h4,6H,1-3H2/q+1. The molecule has 1 aliphatic rings. The van der Waals surface area contributed by atoms with Crippen molar-refractivity contribution in [3.63, 3.8) is 0 Å². The summed E-state index contributed by atoms with van der Waals surface area (Å²) in [5.41, 5.74) is 0. The van der Waals surface area contributed by atoms with Gasteiger partial charge in [0.25, 0.3) is 0 Å². The van der Waals surface area contributed by atoms with Gasteiger partial charge in [0.05, 0.1) is 6.54 Å². The molecular formula is C4H8I2N+. The van der Waals surface area contributed by atoms with E-state index < -0.39 is 0 Å². The first-order valence-corrected chi connectivity index (χ1v) is 4.64. The Morgan fingerprint density at radius 2 is 2.43 bits per heavy atom. The lowest BCUT2D eigenvalue weighted by atomic mass is 10.4. The average Bonchev–Trinajstić information content (AvgIpc) is 1.87. The van der Waals surface area contributed by atoms with Crippen molar-refractivity contribution in [3.8, 4) is 0 Å². The minimum absolute atomic E-state index is 0.922. The van der Waals surface area contributed by atoms with Gasteiger partial charge in [0, 0.05) is 10.5 Å². The minimum atomic E-state index is 0.922. The lowest BCUT2D eigenvalue weighted by Gasteiger charge is -1.90. The smallest absolute Gasteiger partial charge is 0.0985 e. The highest BCUT2D eigenvalue weighted by atomic mass is 127. The summed E-state index contributed by atoms with van der Waals surface area (Å²) in [7, 11) is 0. The number of rotatable bonds is 0. The van der Waals surface area contributed by atoms with Crippen LogP contribution in [0.2, 0.25) is 0 Å². The highest BCUT2D eigenvalue weighted by Gasteiger charge is 2.22. The van der Waals surface area contributed by atoms with Crippen molar-refractivity contribution >= 4 is 22.6 Å². The second-order valence-electron chi connectivity index (χ2n) is 1.77. The molecule has 0 spiro atoms. The molecule has 1 heterocycles. The average molecular weight is 324 g/mol. The van der Waals surface area contributed by atoms with Crippen LogP contribution in [-0.4, -0.2) is 20.1 Å². The van der Waals surface area contributed by atoms with Crippen LogP contribution in [0.25, 0.3) is 0 Å². The molecule has 0 radical (unpaired) electrons. The fourth-order valence-electron chi connectivity index (χ4n) is 0.688. The molecule has 1 rings (SSSR count). The van der Waals surface area contributed by atoms with Gasteiger partial charge in [0.1, 0.15) is 0 Å². The van der Waals surface area contributed by atoms with Crippen molar-refractivity contribution in [1.82, 2.24) is 3.11 Å². The molecular weight excluding hydrogens is 316 g/mol. The fourth-order valence-corrected chi connectivity index (χ4v) is 3.09. The number of halogens is 2. The van der Waals surface area contributed by atoms with Crippen molar-refractivity contribution in [2.24, 2.45) is 0 Å². The maximum absolute atomic E-state index is 2.51. The van der Waals surface area contributed by atoms with E-state index in [0.29, 0.717) is 0 Å². The molecule has 0 aromatic heterocycles. The molecule has 0 aliphatic carbocycles. The molecule has 7 heavy (non-hydrogen) atoms. The lowest BCUT2D eigenvalue weighted by molar-refractivity contribution is -0.568. The molecule has 0 bridgehead atoms. The van der Waals surface area contributed by atoms with Gasteiger partial charge in [0.15, 0.2) is 0 Å². The van der Waals surface area contributed by atoms with Crippen LogP contribution in [-0.2, 0) is 0 Å². The topological polar surface area (TPSA) is 3.24 Å². The van der Waals surface area contributed by atoms with Gasteiger partial charge >= 0.3 is 22.9 Å². The summed E-state index contributed by atoms with van der Waals surface area (Å²) < 4.78 is 3.30. The van der Waals surface area contributed by atoms with E-state index in [1.807, 2.05) is 0 Å². The highest BCUT2D eigenvalue weighted by Crippen LogP contribution is 2.11. The third kappa shape index (κ3) is 2.01. The van der Waals surface area contributed by atoms with E-state index in [0.717, 1.165) is 3.92 Å². The predicted molar refractivity (Wildman–Crippen MR) is 35.4 cm³/mol. The number of alkyl halides is 1. The minimum Gasteiger partial charge on any atom is -0.0985 e. The van der Waals surface area contributed by atoms with Crippen molar-refractivity contribution in [1.29, 1.82) is 0 Å². The van der Waals surface area contributed by atoms with Crippen LogP contribution in [0.15, 0.2) is 0 Å². The van der Waals surface area contributed by atoms with E-state index in [4.69, 9.17) is 0 Å². The van der Waals surface area contributed by atoms with E-state index in [9.17, 15) is 0 Å². The third-order valence-electron chi connectivity index (χ3n) is 1.09. The van der Waals surface area contributed by atoms with Gasteiger partial charge in [-0.1, -0.05) is 25.7 Å². The lowest BCUT2D eigenvalue weighted by Crippen LogP contribution is -3.41. The van der Waals surface area contributed by atoms with Gasteiger partial charge in [-0.25, -0.2) is 0 Å². The highest BCUT2D eigenvalue weighted by molar-refractivity contribution is 14.1. The van der Waals surface area contributed by atoms with Crippen LogP contribution in [0.1, 0.15) is 6.42 Å². The quantitative estimate of drug-likeness (QED) is 0.275. The molecule has 1 aliphatic heterocycles. The Morgan fingerprint density at radius 3 is 2.57 bits per heavy atom. The van der Waals surface area contributed by atoms with Crippen molar-refractivity contribution in [3.05, 3.63) is 0 Å². The summed E-state index contributed by atoms with van der Waals surface area (Å²) in [5, 5.41) is 0. The van der Waals surface area contributed by atoms with Crippen molar-refractivity contribution in [2.45, 2.75) is 10.3 Å². The Labute approximate surface area is 71.5 Å². The molecule has 1 fully saturated rings. The maximum atomic E-state index is 2.51. The monoisotopic (exact) mass is 324 g/mol. The summed E-state index contributed by atoms with van der Waals surface area (Å²) in [5.74, 6) is 0. The van der Waals surface area contributed by atoms with Crippen LogP contribution >= 0.6 is 22.6 Å². The SMILES string of the molecule is IC1CCN([IH+])C1. The Kier molecular flexibility index (Phi) is 2.63. The van der Waals surface area contributed by atoms with Gasteiger partial charge in [-0.3, -0.25) is 0 Å². The molecule has 1 atom stereocenters. The predicted octanol–water partition coefficient (Wildman–Crippen LogP) is -2.30. The molecule has 0 amide bonds. The molecule has 1 nitrogen and oxygen atoms in total. The van der Waals surface area contributed by atoms with E-state index in [1.165, 1.54) is 19.5 Å². The first kappa shape index (κ1) is 6.54. The van der Waals surface area contributed by atoms with Crippen molar-refractivity contribution in [2.75, 3.05) is 13.1 Å². The summed E-state index contributed by atoms with van der Waals surface area (Å²) >= 11 is 4.62. The Morgan fingerprint density at radius 1 is 1.71 bits per heavy atom. The van der Waals surface area contributed by atoms with Crippen LogP contribution in [0.3, 0.4) is 0 Å². The first-order chi connectivity index (χ1) is 3.29. The molecule has 1 unspecified atom stereocenters. The first-order valence-electron chi connectivity index (χ1n) is 2.35. The van der Waals surface area contributed by atoms with E-state index in [1.54, 1.807) is 0 Å². The van der Waals surface area contributed by atoms with Crippen molar-refractivity contribution < 1.29 is 22.9 Å². The van der Waals surface area contributed by atoms with Crippen LogP contribution < -0.4 is 22.9 Å². The number of hydrogen-bond acceptors (Lipinski definition) is 1. The van der Waals surface area contributed by atoms with Gasteiger partial charge in [-0.05, 0) is 6.42 Å². The summed E-state index contributed by atoms with van der Waals surface area (Å²) in [6.07, 6.45) is 1.39. The summed E-state index contributed by atoms with van der Waals surface area (Å²) in [6, 6.07) is 0. The van der Waals surface area contributed by atoms with Gasteiger partial charge in [0.2, 0.25) is 0 Å². The Balaban J connectivity index is 2.26. The Hall–Kier alpha value is 1.42. The molecule has 0 saturated carbocycles. The zero-order valence-corrected chi connectivity index (χ0v) is 8.42. The van der Waals surface area contributed by atoms with Crippen LogP contribution in [0, 0.1) is 0 Å². The second-order valence-corrected chi connectivity index (χ2v) is 5.01.